The summed E-state index contributed by atoms with van der Waals surface area (Å²) in [6.07, 6.45) is 1.17. The highest BCUT2D eigenvalue weighted by Crippen LogP contribution is 2.39. The van der Waals surface area contributed by atoms with Gasteiger partial charge in [-0.3, -0.25) is 0 Å². The molecule has 0 aromatic heterocycles. The number of aliphatic hydroxyl groups is 2. The smallest absolute Gasteiger partial charge is 0.231 e. The number of benzene rings is 2. The number of ether oxygens (including phenoxy) is 5. The zero-order valence-electron chi connectivity index (χ0n) is 17.0. The van der Waals surface area contributed by atoms with Gasteiger partial charge in [-0.25, -0.2) is 0 Å². The first-order valence-corrected chi connectivity index (χ1v) is 9.52. The van der Waals surface area contributed by atoms with Crippen molar-refractivity contribution in [2.24, 2.45) is 11.8 Å². The number of hydrogen-bond donors (Lipinski definition) is 2. The van der Waals surface area contributed by atoms with Crippen LogP contribution in [0.5, 0.6) is 28.7 Å². The van der Waals surface area contributed by atoms with Crippen LogP contribution in [0.2, 0.25) is 0 Å². The zero-order chi connectivity index (χ0) is 20.8. The van der Waals surface area contributed by atoms with Gasteiger partial charge in [-0.2, -0.15) is 0 Å². The molecule has 7 nitrogen and oxygen atoms in total. The molecule has 0 spiro atoms. The van der Waals surface area contributed by atoms with Gasteiger partial charge in [0.2, 0.25) is 12.5 Å². The van der Waals surface area contributed by atoms with Crippen LogP contribution in [0, 0.1) is 11.8 Å². The Morgan fingerprint density at radius 3 is 1.93 bits per heavy atom. The number of methoxy groups -OCH3 is 3. The lowest BCUT2D eigenvalue weighted by Gasteiger charge is -2.25. The second-order valence-corrected chi connectivity index (χ2v) is 7.01. The molecule has 2 aromatic rings. The highest BCUT2D eigenvalue weighted by molar-refractivity contribution is 5.54. The van der Waals surface area contributed by atoms with E-state index in [1.807, 2.05) is 30.3 Å². The molecular formula is C22H28O7. The lowest BCUT2D eigenvalue weighted by atomic mass is 9.83. The highest BCUT2D eigenvalue weighted by Gasteiger charge is 2.24. The van der Waals surface area contributed by atoms with E-state index < -0.39 is 0 Å². The first-order chi connectivity index (χ1) is 14.1. The molecule has 2 atom stereocenters. The van der Waals surface area contributed by atoms with Gasteiger partial charge < -0.3 is 33.9 Å². The summed E-state index contributed by atoms with van der Waals surface area (Å²) >= 11 is 0. The number of fused-ring (bicyclic) bond motifs is 1. The van der Waals surface area contributed by atoms with E-state index in [9.17, 15) is 10.2 Å². The molecule has 3 rings (SSSR count). The Bertz CT molecular complexity index is 796. The maximum atomic E-state index is 10.0. The first-order valence-electron chi connectivity index (χ1n) is 9.52. The second-order valence-electron chi connectivity index (χ2n) is 7.01. The van der Waals surface area contributed by atoms with Gasteiger partial charge in [0.1, 0.15) is 0 Å². The molecule has 7 heteroatoms. The van der Waals surface area contributed by atoms with Crippen molar-refractivity contribution in [1.29, 1.82) is 0 Å². The van der Waals surface area contributed by atoms with E-state index in [1.54, 1.807) is 21.3 Å². The van der Waals surface area contributed by atoms with Crippen LogP contribution in [-0.2, 0) is 12.8 Å². The fourth-order valence-electron chi connectivity index (χ4n) is 3.69. The van der Waals surface area contributed by atoms with Crippen LogP contribution in [0.4, 0.5) is 0 Å². The largest absolute Gasteiger partial charge is 0.493 e. The summed E-state index contributed by atoms with van der Waals surface area (Å²) in [5.74, 6) is 2.82. The summed E-state index contributed by atoms with van der Waals surface area (Å²) in [7, 11) is 4.70. The van der Waals surface area contributed by atoms with Crippen LogP contribution in [0.15, 0.2) is 30.3 Å². The average Bonchev–Trinajstić information content (AvgIpc) is 3.23. The van der Waals surface area contributed by atoms with Crippen molar-refractivity contribution in [2.75, 3.05) is 41.3 Å². The van der Waals surface area contributed by atoms with Crippen molar-refractivity contribution in [3.8, 4) is 28.7 Å². The van der Waals surface area contributed by atoms with Crippen molar-refractivity contribution in [1.82, 2.24) is 0 Å². The summed E-state index contributed by atoms with van der Waals surface area (Å²) in [6, 6.07) is 9.51. The predicted octanol–water partition coefficient (Wildman–Crippen LogP) is 2.44. The molecule has 1 aliphatic rings. The summed E-state index contributed by atoms with van der Waals surface area (Å²) in [6.45, 7) is 0.138. The fraction of sp³-hybridized carbons (Fsp3) is 0.455. The molecule has 0 aliphatic carbocycles. The van der Waals surface area contributed by atoms with Crippen LogP contribution in [0.3, 0.4) is 0 Å². The number of hydrogen-bond acceptors (Lipinski definition) is 7. The van der Waals surface area contributed by atoms with Crippen molar-refractivity contribution in [3.63, 3.8) is 0 Å². The summed E-state index contributed by atoms with van der Waals surface area (Å²) in [5.41, 5.74) is 1.96. The topological polar surface area (TPSA) is 86.6 Å². The van der Waals surface area contributed by atoms with E-state index in [0.717, 1.165) is 16.9 Å². The minimum atomic E-state index is -0.145. The molecule has 0 fully saturated rings. The Labute approximate surface area is 170 Å². The van der Waals surface area contributed by atoms with Crippen molar-refractivity contribution < 1.29 is 33.9 Å². The molecule has 0 saturated carbocycles. The Kier molecular flexibility index (Phi) is 7.06. The summed E-state index contributed by atoms with van der Waals surface area (Å²) in [5, 5.41) is 20.0. The fourth-order valence-corrected chi connectivity index (χ4v) is 3.69. The van der Waals surface area contributed by atoms with Crippen LogP contribution >= 0.6 is 0 Å². The van der Waals surface area contributed by atoms with Crippen LogP contribution in [0.25, 0.3) is 0 Å². The maximum absolute atomic E-state index is 10.0. The monoisotopic (exact) mass is 404 g/mol. The van der Waals surface area contributed by atoms with E-state index in [2.05, 4.69) is 0 Å². The third-order valence-corrected chi connectivity index (χ3v) is 5.29. The lowest BCUT2D eigenvalue weighted by Crippen LogP contribution is -2.26. The Hall–Kier alpha value is -2.64. The maximum Gasteiger partial charge on any atom is 0.231 e. The molecule has 158 valence electrons. The number of rotatable bonds is 10. The SMILES string of the molecule is COc1cc(C[C@H](CO)[C@H](CO)Cc2ccc3c(c2)OCO3)cc(OC)c1OC. The molecule has 2 aromatic carbocycles. The lowest BCUT2D eigenvalue weighted by molar-refractivity contribution is 0.119. The minimum Gasteiger partial charge on any atom is -0.493 e. The van der Waals surface area contributed by atoms with Gasteiger partial charge in [0.15, 0.2) is 23.0 Å². The summed E-state index contributed by atoms with van der Waals surface area (Å²) in [4.78, 5) is 0. The quantitative estimate of drug-likeness (QED) is 0.629. The molecular weight excluding hydrogens is 376 g/mol. The third-order valence-electron chi connectivity index (χ3n) is 5.29. The molecule has 1 aliphatic heterocycles. The number of aliphatic hydroxyl groups excluding tert-OH is 2. The van der Waals surface area contributed by atoms with E-state index in [-0.39, 0.29) is 31.8 Å². The Balaban J connectivity index is 1.78. The van der Waals surface area contributed by atoms with Crippen LogP contribution in [-0.4, -0.2) is 51.5 Å². The first kappa shape index (κ1) is 21.1. The zero-order valence-corrected chi connectivity index (χ0v) is 17.0. The van der Waals surface area contributed by atoms with Crippen LogP contribution < -0.4 is 23.7 Å². The second kappa shape index (κ2) is 9.71. The van der Waals surface area contributed by atoms with Gasteiger partial charge in [0.25, 0.3) is 0 Å². The van der Waals surface area contributed by atoms with E-state index in [4.69, 9.17) is 23.7 Å². The van der Waals surface area contributed by atoms with Crippen LogP contribution in [0.1, 0.15) is 11.1 Å². The van der Waals surface area contributed by atoms with Gasteiger partial charge in [-0.1, -0.05) is 6.07 Å². The molecule has 29 heavy (non-hydrogen) atoms. The molecule has 0 saturated heterocycles. The molecule has 0 bridgehead atoms. The van der Waals surface area contributed by atoms with E-state index >= 15 is 0 Å². The average molecular weight is 404 g/mol. The standard InChI is InChI=1S/C22H28O7/c1-25-20-9-15(10-21(26-2)22(20)27-3)7-17(12-24)16(11-23)6-14-4-5-18-19(8-14)29-13-28-18/h4-5,8-10,16-17,23-24H,6-7,11-13H2,1-3H3/t16-,17+/m0/s1. The van der Waals surface area contributed by atoms with Crippen molar-refractivity contribution >= 4 is 0 Å². The predicted molar refractivity (Wildman–Crippen MR) is 107 cm³/mol. The van der Waals surface area contributed by atoms with E-state index in [1.165, 1.54) is 0 Å². The van der Waals surface area contributed by atoms with Crippen molar-refractivity contribution in [3.05, 3.63) is 41.5 Å². The van der Waals surface area contributed by atoms with Crippen molar-refractivity contribution in [2.45, 2.75) is 12.8 Å². The Morgan fingerprint density at radius 1 is 0.793 bits per heavy atom. The summed E-state index contributed by atoms with van der Waals surface area (Å²) < 4.78 is 27.0. The van der Waals surface area contributed by atoms with Gasteiger partial charge in [-0.15, -0.1) is 0 Å². The van der Waals surface area contributed by atoms with Gasteiger partial charge in [0, 0.05) is 13.2 Å². The molecule has 1 heterocycles. The van der Waals surface area contributed by atoms with Gasteiger partial charge in [-0.05, 0) is 60.1 Å². The highest BCUT2D eigenvalue weighted by atomic mass is 16.7. The van der Waals surface area contributed by atoms with E-state index in [0.29, 0.717) is 35.8 Å². The molecule has 0 radical (unpaired) electrons. The van der Waals surface area contributed by atoms with Gasteiger partial charge >= 0.3 is 0 Å². The normalized spacial score (nSPS) is 14.4. The third kappa shape index (κ3) is 4.68. The Morgan fingerprint density at radius 2 is 1.38 bits per heavy atom. The van der Waals surface area contributed by atoms with Gasteiger partial charge in [0.05, 0.1) is 21.3 Å². The minimum absolute atomic E-state index is 0.0376. The molecule has 0 unspecified atom stereocenters. The molecule has 0 amide bonds. The molecule has 2 N–H and O–H groups in total.